The zero-order valence-electron chi connectivity index (χ0n) is 20.6. The number of nitrogens with zero attached hydrogens (tertiary/aromatic N) is 3. The molecule has 1 fully saturated rings. The Morgan fingerprint density at radius 1 is 1.06 bits per heavy atom. The first-order chi connectivity index (χ1) is 16.9. The predicted molar refractivity (Wildman–Crippen MR) is 135 cm³/mol. The van der Waals surface area contributed by atoms with Crippen LogP contribution in [-0.4, -0.2) is 72.7 Å². The SMILES string of the molecule is CCOC(=O)N1CCN(Cc2c(O)ccc3c2O/C(=C\c2ccc(N(CC)CC)cc2)C3=O)CC1. The molecule has 2 aliphatic heterocycles. The van der Waals surface area contributed by atoms with E-state index < -0.39 is 0 Å². The molecule has 0 saturated carbocycles. The van der Waals surface area contributed by atoms with Gasteiger partial charge < -0.3 is 24.4 Å². The van der Waals surface area contributed by atoms with Gasteiger partial charge in [-0.3, -0.25) is 9.69 Å². The maximum Gasteiger partial charge on any atom is 0.409 e. The lowest BCUT2D eigenvalue weighted by molar-refractivity contribution is 0.0774. The summed E-state index contributed by atoms with van der Waals surface area (Å²) in [7, 11) is 0. The van der Waals surface area contributed by atoms with Crippen molar-refractivity contribution in [2.75, 3.05) is 50.8 Å². The zero-order valence-corrected chi connectivity index (χ0v) is 20.6. The topological polar surface area (TPSA) is 82.6 Å². The molecule has 0 aromatic heterocycles. The van der Waals surface area contributed by atoms with Gasteiger partial charge >= 0.3 is 6.09 Å². The summed E-state index contributed by atoms with van der Waals surface area (Å²) >= 11 is 0. The first kappa shape index (κ1) is 24.6. The van der Waals surface area contributed by atoms with Crippen LogP contribution in [0.1, 0.15) is 42.3 Å². The second-order valence-corrected chi connectivity index (χ2v) is 8.61. The van der Waals surface area contributed by atoms with Crippen LogP contribution in [0, 0.1) is 0 Å². The highest BCUT2D eigenvalue weighted by atomic mass is 16.6. The molecule has 2 aromatic carbocycles. The van der Waals surface area contributed by atoms with Crippen LogP contribution in [0.15, 0.2) is 42.2 Å². The number of piperazine rings is 1. The summed E-state index contributed by atoms with van der Waals surface area (Å²) in [4.78, 5) is 31.1. The molecule has 0 radical (unpaired) electrons. The number of Topliss-reactive ketones (excluding diaryl/α,β-unsaturated/α-hetero) is 1. The fourth-order valence-corrected chi connectivity index (χ4v) is 4.50. The molecule has 0 aliphatic carbocycles. The van der Waals surface area contributed by atoms with Crippen LogP contribution in [0.2, 0.25) is 0 Å². The number of fused-ring (bicyclic) bond motifs is 1. The molecular weight excluding hydrogens is 446 g/mol. The summed E-state index contributed by atoms with van der Waals surface area (Å²) in [5.41, 5.74) is 3.04. The Hall–Kier alpha value is -3.52. The predicted octanol–water partition coefficient (Wildman–Crippen LogP) is 4.13. The number of phenols is 1. The van der Waals surface area contributed by atoms with Gasteiger partial charge in [0.2, 0.25) is 5.78 Å². The Bertz CT molecular complexity index is 1100. The van der Waals surface area contributed by atoms with Gasteiger partial charge in [-0.1, -0.05) is 12.1 Å². The zero-order chi connectivity index (χ0) is 24.9. The lowest BCUT2D eigenvalue weighted by Crippen LogP contribution is -2.48. The number of hydrogen-bond donors (Lipinski definition) is 1. The second kappa shape index (κ2) is 10.8. The van der Waals surface area contributed by atoms with E-state index in [0.29, 0.717) is 56.2 Å². The van der Waals surface area contributed by atoms with Crippen LogP contribution in [0.3, 0.4) is 0 Å². The van der Waals surface area contributed by atoms with Crippen LogP contribution < -0.4 is 9.64 Å². The fourth-order valence-electron chi connectivity index (χ4n) is 4.50. The van der Waals surface area contributed by atoms with Gasteiger partial charge in [-0.05, 0) is 56.7 Å². The minimum Gasteiger partial charge on any atom is -0.507 e. The Morgan fingerprint density at radius 3 is 2.37 bits per heavy atom. The second-order valence-electron chi connectivity index (χ2n) is 8.61. The van der Waals surface area contributed by atoms with Crippen molar-refractivity contribution in [3.05, 3.63) is 58.8 Å². The molecule has 0 spiro atoms. The number of anilines is 1. The first-order valence-electron chi connectivity index (χ1n) is 12.2. The maximum absolute atomic E-state index is 13.0. The molecule has 2 aromatic rings. The largest absolute Gasteiger partial charge is 0.507 e. The van der Waals surface area contributed by atoms with E-state index in [-0.39, 0.29) is 23.4 Å². The quantitative estimate of drug-likeness (QED) is 0.598. The van der Waals surface area contributed by atoms with E-state index in [2.05, 4.69) is 23.6 Å². The van der Waals surface area contributed by atoms with E-state index in [1.165, 1.54) is 0 Å². The third-order valence-corrected chi connectivity index (χ3v) is 6.52. The lowest BCUT2D eigenvalue weighted by Gasteiger charge is -2.34. The highest BCUT2D eigenvalue weighted by Crippen LogP contribution is 2.40. The molecule has 1 amide bonds. The van der Waals surface area contributed by atoms with Gasteiger partial charge in [-0.15, -0.1) is 0 Å². The number of phenolic OH excluding ortho intramolecular Hbond substituents is 1. The summed E-state index contributed by atoms with van der Waals surface area (Å²) in [6.07, 6.45) is 1.44. The van der Waals surface area contributed by atoms with Crippen molar-refractivity contribution in [2.45, 2.75) is 27.3 Å². The number of allylic oxidation sites excluding steroid dienone is 1. The van der Waals surface area contributed by atoms with Crippen molar-refractivity contribution >= 4 is 23.6 Å². The third-order valence-electron chi connectivity index (χ3n) is 6.52. The van der Waals surface area contributed by atoms with E-state index in [1.807, 2.05) is 24.3 Å². The number of carbonyl (C=O) groups excluding carboxylic acids is 2. The van der Waals surface area contributed by atoms with Crippen LogP contribution in [0.25, 0.3) is 6.08 Å². The number of benzene rings is 2. The maximum atomic E-state index is 13.0. The van der Waals surface area contributed by atoms with Crippen LogP contribution >= 0.6 is 0 Å². The van der Waals surface area contributed by atoms with Gasteiger partial charge in [0.05, 0.1) is 17.7 Å². The average Bonchev–Trinajstić information content (AvgIpc) is 3.18. The molecule has 1 N–H and O–H groups in total. The van der Waals surface area contributed by atoms with Crippen molar-refractivity contribution in [1.29, 1.82) is 0 Å². The summed E-state index contributed by atoms with van der Waals surface area (Å²) < 4.78 is 11.1. The van der Waals surface area contributed by atoms with Crippen molar-refractivity contribution in [2.24, 2.45) is 0 Å². The Labute approximate surface area is 206 Å². The molecule has 2 heterocycles. The van der Waals surface area contributed by atoms with E-state index >= 15 is 0 Å². The average molecular weight is 480 g/mol. The Morgan fingerprint density at radius 2 is 1.74 bits per heavy atom. The molecule has 8 nitrogen and oxygen atoms in total. The number of amides is 1. The summed E-state index contributed by atoms with van der Waals surface area (Å²) in [5.74, 6) is 0.554. The monoisotopic (exact) mass is 479 g/mol. The van der Waals surface area contributed by atoms with Gasteiger partial charge in [-0.25, -0.2) is 4.79 Å². The number of carbonyl (C=O) groups is 2. The van der Waals surface area contributed by atoms with Gasteiger partial charge in [-0.2, -0.15) is 0 Å². The van der Waals surface area contributed by atoms with Crippen LogP contribution in [0.4, 0.5) is 10.5 Å². The molecule has 186 valence electrons. The highest BCUT2D eigenvalue weighted by Gasteiger charge is 2.32. The first-order valence-corrected chi connectivity index (χ1v) is 12.2. The van der Waals surface area contributed by atoms with E-state index in [4.69, 9.17) is 9.47 Å². The van der Waals surface area contributed by atoms with Gasteiger partial charge in [0.25, 0.3) is 0 Å². The van der Waals surface area contributed by atoms with Crippen LogP contribution in [-0.2, 0) is 11.3 Å². The van der Waals surface area contributed by atoms with Crippen molar-refractivity contribution < 1.29 is 24.2 Å². The van der Waals surface area contributed by atoms with Gasteiger partial charge in [0.15, 0.2) is 5.76 Å². The van der Waals surface area contributed by atoms with E-state index in [9.17, 15) is 14.7 Å². The minimum absolute atomic E-state index is 0.0918. The van der Waals surface area contributed by atoms with Crippen molar-refractivity contribution in [3.63, 3.8) is 0 Å². The number of ketones is 1. The molecule has 4 rings (SSSR count). The standard InChI is InChI=1S/C27H33N3O5/c1-4-29(5-2)20-9-7-19(8-10-20)17-24-25(32)21-11-12-23(31)22(26(21)35-24)18-28-13-15-30(16-14-28)27(33)34-6-3/h7-12,17,31H,4-6,13-16,18H2,1-3H3/b24-17-. The molecule has 0 unspecified atom stereocenters. The summed E-state index contributed by atoms with van der Waals surface area (Å²) in [6, 6.07) is 11.2. The minimum atomic E-state index is -0.301. The molecule has 0 bridgehead atoms. The Kier molecular flexibility index (Phi) is 7.60. The molecule has 2 aliphatic rings. The van der Waals surface area contributed by atoms with Gasteiger partial charge in [0, 0.05) is 51.5 Å². The number of rotatable bonds is 7. The van der Waals surface area contributed by atoms with Gasteiger partial charge in [0.1, 0.15) is 11.5 Å². The number of hydrogen-bond acceptors (Lipinski definition) is 7. The molecule has 1 saturated heterocycles. The van der Waals surface area contributed by atoms with Crippen molar-refractivity contribution in [3.8, 4) is 11.5 Å². The number of ether oxygens (including phenoxy) is 2. The van der Waals surface area contributed by atoms with E-state index in [1.54, 1.807) is 30.0 Å². The molecule has 0 atom stereocenters. The van der Waals surface area contributed by atoms with Crippen LogP contribution in [0.5, 0.6) is 11.5 Å². The molecule has 8 heteroatoms. The fraction of sp³-hybridized carbons (Fsp3) is 0.407. The molecule has 35 heavy (non-hydrogen) atoms. The lowest BCUT2D eigenvalue weighted by atomic mass is 10.0. The van der Waals surface area contributed by atoms with Crippen molar-refractivity contribution in [1.82, 2.24) is 9.80 Å². The molecular formula is C27H33N3O5. The highest BCUT2D eigenvalue weighted by molar-refractivity contribution is 6.15. The smallest absolute Gasteiger partial charge is 0.409 e. The third kappa shape index (κ3) is 5.27. The summed E-state index contributed by atoms with van der Waals surface area (Å²) in [5, 5.41) is 10.6. The Balaban J connectivity index is 1.48. The normalized spacial score (nSPS) is 16.8. The van der Waals surface area contributed by atoms with E-state index in [0.717, 1.165) is 24.3 Å². The number of aromatic hydroxyl groups is 1. The summed E-state index contributed by atoms with van der Waals surface area (Å²) in [6.45, 7) is 11.0.